The molecule has 726 valence electrons. The molecule has 4 aliphatic rings. The highest BCUT2D eigenvalue weighted by Crippen LogP contribution is 2.32. The zero-order chi connectivity index (χ0) is 92.6. The van der Waals surface area contributed by atoms with Crippen molar-refractivity contribution in [2.24, 2.45) is 0 Å². The number of nitrogens with zero attached hydrogens (tertiary/aromatic N) is 1. The van der Waals surface area contributed by atoms with Gasteiger partial charge in [0.05, 0.1) is 84.3 Å². The summed E-state index contributed by atoms with van der Waals surface area (Å²) in [6.07, 6.45) is 1.22. The third kappa shape index (κ3) is 44.2. The van der Waals surface area contributed by atoms with Crippen molar-refractivity contribution in [1.29, 1.82) is 0 Å². The Morgan fingerprint density at radius 3 is 1.17 bits per heavy atom. The molecule has 4 saturated heterocycles. The van der Waals surface area contributed by atoms with E-state index >= 15 is 0 Å². The van der Waals surface area contributed by atoms with Crippen LogP contribution >= 0.6 is 0 Å². The van der Waals surface area contributed by atoms with Gasteiger partial charge in [0.25, 0.3) is 0 Å². The standard InChI is InChI=1S/C86H150N8O32/c1-57(99)90-73-79(112)76(109)65(52-95)124-82(73)120-45-23-31-61(102)29-15-9-6-14-22-44-89-85(115)123-50-28-41-86(93-70(106)38-37-62(103)30-18-19-32-63-64(117-5)51-60(55-116-4)94(63)56-98,39-26-48-118-71(107)35-16-10-7-12-20-42-87-68(104)33-24-46-121-83-74(91-58(2)100)80(113)77(110)66(53-96)125-83)40-27-49-119-72(108)36-17-11-8-13-21-43-88-69(105)34-25-47-122-84-75(92-59(3)101)81(114)78(111)67(54-97)126-84/h56,60,63-67,73-84,95-97,109-114H,6-55H2,1-5H3,(H,87,104)(H,88,105)(H,89,115)(H,90,99)(H,91,100)(H,92,101)(H,93,106)/t60-,63?,64+,65?,66?,67?,73?,74?,75?,76?,77?,78?,79?,80?,81?,82?,83?,84?,86?/m1/s1. The molecule has 0 aromatic rings. The molecule has 4 rings (SSSR count). The number of aliphatic hydroxyl groups is 9. The number of methoxy groups -OCH3 is 2. The molecule has 4 heterocycles. The molecule has 0 aliphatic carbocycles. The summed E-state index contributed by atoms with van der Waals surface area (Å²) in [6, 6.07) is -3.58. The topological polar surface area (TPSA) is 576 Å². The van der Waals surface area contributed by atoms with Gasteiger partial charge in [-0.2, -0.15) is 0 Å². The lowest BCUT2D eigenvalue weighted by molar-refractivity contribution is -0.270. The van der Waals surface area contributed by atoms with Gasteiger partial charge in [-0.25, -0.2) is 4.79 Å². The summed E-state index contributed by atoms with van der Waals surface area (Å²) in [5.74, 6) is -3.21. The Kier molecular flexibility index (Phi) is 57.4. The van der Waals surface area contributed by atoms with E-state index in [0.29, 0.717) is 116 Å². The average molecular weight is 1810 g/mol. The highest BCUT2D eigenvalue weighted by molar-refractivity contribution is 5.85. The molecule has 0 radical (unpaired) electrons. The van der Waals surface area contributed by atoms with Gasteiger partial charge in [0.15, 0.2) is 18.9 Å². The van der Waals surface area contributed by atoms with Gasteiger partial charge in [-0.1, -0.05) is 64.2 Å². The maximum Gasteiger partial charge on any atom is 0.407 e. The van der Waals surface area contributed by atoms with Gasteiger partial charge in [-0.3, -0.25) is 52.7 Å². The van der Waals surface area contributed by atoms with Crippen molar-refractivity contribution in [2.45, 2.75) is 374 Å². The third-order valence-corrected chi connectivity index (χ3v) is 22.9. The van der Waals surface area contributed by atoms with Crippen molar-refractivity contribution in [1.82, 2.24) is 42.1 Å². The van der Waals surface area contributed by atoms with Gasteiger partial charge in [-0.15, -0.1) is 0 Å². The monoisotopic (exact) mass is 1810 g/mol. The summed E-state index contributed by atoms with van der Waals surface area (Å²) in [4.78, 5) is 154. The summed E-state index contributed by atoms with van der Waals surface area (Å²) in [6.45, 7) is 3.57. The van der Waals surface area contributed by atoms with Crippen molar-refractivity contribution < 1.29 is 156 Å². The number of esters is 2. The number of amides is 8. The Morgan fingerprint density at radius 2 is 0.770 bits per heavy atom. The molecule has 16 N–H and O–H groups in total. The summed E-state index contributed by atoms with van der Waals surface area (Å²) in [5, 5.41) is 110. The first-order chi connectivity index (χ1) is 60.5. The number of ketones is 2. The van der Waals surface area contributed by atoms with Crippen LogP contribution < -0.4 is 37.2 Å². The molecule has 4 aliphatic heterocycles. The van der Waals surface area contributed by atoms with Crippen molar-refractivity contribution in [3.05, 3.63) is 0 Å². The van der Waals surface area contributed by atoms with Crippen LogP contribution in [0.5, 0.6) is 0 Å². The van der Waals surface area contributed by atoms with Crippen molar-refractivity contribution in [3.63, 3.8) is 0 Å². The maximum atomic E-state index is 14.2. The van der Waals surface area contributed by atoms with Gasteiger partial charge >= 0.3 is 18.0 Å². The number of likely N-dealkylation sites (tertiary alicyclic amines) is 1. The molecular formula is C86H150N8O32. The zero-order valence-electron chi connectivity index (χ0n) is 74.7. The molecule has 0 aromatic heterocycles. The molecule has 0 bridgehead atoms. The molecule has 4 fully saturated rings. The first-order valence-corrected chi connectivity index (χ1v) is 45.4. The normalized spacial score (nSPS) is 25.2. The van der Waals surface area contributed by atoms with E-state index < -0.39 is 159 Å². The molecular weight excluding hydrogens is 1660 g/mol. The third-order valence-electron chi connectivity index (χ3n) is 22.9. The summed E-state index contributed by atoms with van der Waals surface area (Å²) in [7, 11) is 3.18. The van der Waals surface area contributed by atoms with Gasteiger partial charge in [0.1, 0.15) is 84.6 Å². The van der Waals surface area contributed by atoms with Crippen LogP contribution in [-0.4, -0.2) is 338 Å². The fraction of sp³-hybridized carbons (Fsp3) is 0.860. The quantitative estimate of drug-likeness (QED) is 0.0176. The number of unbranched alkanes of at least 4 members (excludes halogenated alkanes) is 13. The lowest BCUT2D eigenvalue weighted by atomic mass is 9.83. The van der Waals surface area contributed by atoms with Crippen LogP contribution in [0.2, 0.25) is 0 Å². The summed E-state index contributed by atoms with van der Waals surface area (Å²) < 4.78 is 62.0. The minimum Gasteiger partial charge on any atom is -0.466 e. The smallest absolute Gasteiger partial charge is 0.407 e. The second-order valence-corrected chi connectivity index (χ2v) is 33.2. The van der Waals surface area contributed by atoms with E-state index in [2.05, 4.69) is 37.2 Å². The largest absolute Gasteiger partial charge is 0.466 e. The first-order valence-electron chi connectivity index (χ1n) is 45.4. The van der Waals surface area contributed by atoms with E-state index in [-0.39, 0.29) is 171 Å². The minimum atomic E-state index is -1.46. The number of Topliss-reactive ketones (excluding diaryl/α,β-unsaturated/α-hetero) is 2. The number of hydrogen-bond donors (Lipinski definition) is 16. The molecule has 0 aromatic carbocycles. The summed E-state index contributed by atoms with van der Waals surface area (Å²) in [5.41, 5.74) is -1.02. The Balaban J connectivity index is 1.29. The zero-order valence-corrected chi connectivity index (χ0v) is 74.7. The molecule has 8 amide bonds. The Morgan fingerprint density at radius 1 is 0.405 bits per heavy atom. The SMILES string of the molecule is COC[C@H]1C[C@H](OC)C(CCCCC(=O)CCC(=O)NC(CCCOC(=O)CCCCCCCNC(=O)CCCOC2OC(CO)C(O)C(O)C2NC(C)=O)(CCCOC(=O)CCCCCCCNC(=O)CCCOC2OC(CO)C(O)C(O)C2NC(C)=O)CCCOC(=O)NCCCCCCCC(=O)CCCOC2OC(CO)C(O)C(O)C2NC(C)=O)N1C=O. The fourth-order valence-electron chi connectivity index (χ4n) is 16.0. The van der Waals surface area contributed by atoms with E-state index in [1.54, 1.807) is 19.1 Å². The van der Waals surface area contributed by atoms with Crippen LogP contribution in [0.25, 0.3) is 0 Å². The van der Waals surface area contributed by atoms with Crippen LogP contribution in [0.15, 0.2) is 0 Å². The Hall–Kier alpha value is -6.84. The van der Waals surface area contributed by atoms with E-state index in [9.17, 15) is 103 Å². The van der Waals surface area contributed by atoms with E-state index in [1.165, 1.54) is 20.8 Å². The molecule has 0 saturated carbocycles. The van der Waals surface area contributed by atoms with Crippen LogP contribution in [0, 0.1) is 0 Å². The van der Waals surface area contributed by atoms with Gasteiger partial charge < -0.3 is 140 Å². The van der Waals surface area contributed by atoms with E-state index in [1.807, 2.05) is 0 Å². The Labute approximate surface area is 740 Å². The highest BCUT2D eigenvalue weighted by Gasteiger charge is 2.49. The van der Waals surface area contributed by atoms with Crippen molar-refractivity contribution >= 4 is 71.5 Å². The maximum absolute atomic E-state index is 14.2. The predicted octanol–water partition coefficient (Wildman–Crippen LogP) is 1.21. The molecule has 40 heteroatoms. The average Bonchev–Trinajstić information content (AvgIpc) is 1.56. The minimum absolute atomic E-state index is 0.00721. The molecule has 126 heavy (non-hydrogen) atoms. The summed E-state index contributed by atoms with van der Waals surface area (Å²) >= 11 is 0. The predicted molar refractivity (Wildman–Crippen MR) is 451 cm³/mol. The number of ether oxygens (including phenoxy) is 11. The second-order valence-electron chi connectivity index (χ2n) is 33.2. The van der Waals surface area contributed by atoms with Crippen LogP contribution in [0.3, 0.4) is 0 Å². The first kappa shape index (κ1) is 111. The van der Waals surface area contributed by atoms with E-state index in [0.717, 1.165) is 64.2 Å². The number of nitrogens with one attached hydrogen (secondary N) is 7. The highest BCUT2D eigenvalue weighted by atomic mass is 16.7. The number of aliphatic hydroxyl groups excluding tert-OH is 9. The molecule has 16 unspecified atom stereocenters. The number of rotatable bonds is 70. The fourth-order valence-corrected chi connectivity index (χ4v) is 16.0. The second kappa shape index (κ2) is 64.8. The van der Waals surface area contributed by atoms with Crippen LogP contribution in [0.1, 0.15) is 258 Å². The van der Waals surface area contributed by atoms with Crippen LogP contribution in [0.4, 0.5) is 4.79 Å². The van der Waals surface area contributed by atoms with Crippen molar-refractivity contribution in [2.75, 3.05) is 99.9 Å². The number of carbonyl (C=O) groups excluding carboxylic acids is 12. The van der Waals surface area contributed by atoms with E-state index in [4.69, 9.17) is 52.1 Å². The molecule has 0 spiro atoms. The molecule has 40 nitrogen and oxygen atoms in total. The van der Waals surface area contributed by atoms with Gasteiger partial charge in [0, 0.05) is 118 Å². The lowest BCUT2D eigenvalue weighted by Gasteiger charge is -2.42. The molecule has 18 atom stereocenters. The number of carbonyl (C=O) groups is 12. The number of alkyl carbamates (subject to hydrolysis) is 1. The lowest BCUT2D eigenvalue weighted by Crippen LogP contribution is -2.64. The van der Waals surface area contributed by atoms with Gasteiger partial charge in [-0.05, 0) is 116 Å². The van der Waals surface area contributed by atoms with Crippen molar-refractivity contribution in [3.8, 4) is 0 Å². The van der Waals surface area contributed by atoms with Gasteiger partial charge in [0.2, 0.25) is 41.9 Å². The Bertz CT molecular complexity index is 2900. The number of hydrogen-bond acceptors (Lipinski definition) is 32. The van der Waals surface area contributed by atoms with Crippen LogP contribution in [-0.2, 0) is 105 Å².